The van der Waals surface area contributed by atoms with Gasteiger partial charge in [-0.2, -0.15) is 0 Å². The normalized spacial score (nSPS) is 13.1. The fraction of sp³-hybridized carbons (Fsp3) is 0.273. The minimum absolute atomic E-state index is 0.0297. The van der Waals surface area contributed by atoms with E-state index in [-0.39, 0.29) is 6.04 Å². The molecule has 1 aromatic carbocycles. The van der Waals surface area contributed by atoms with Gasteiger partial charge in [-0.15, -0.1) is 0 Å². The second-order valence-corrected chi connectivity index (χ2v) is 3.29. The van der Waals surface area contributed by atoms with Gasteiger partial charge in [0.25, 0.3) is 0 Å². The summed E-state index contributed by atoms with van der Waals surface area (Å²) >= 11 is 5.37. The highest BCUT2D eigenvalue weighted by atomic mass is 35.5. The van der Waals surface area contributed by atoms with Crippen molar-refractivity contribution in [1.29, 1.82) is 0 Å². The molecule has 0 heterocycles. The largest absolute Gasteiger partial charge is 0.489 e. The summed E-state index contributed by atoms with van der Waals surface area (Å²) in [5, 5.41) is 0. The van der Waals surface area contributed by atoms with Crippen LogP contribution in [-0.4, -0.2) is 6.61 Å². The molecule has 0 amide bonds. The molecule has 0 fully saturated rings. The Morgan fingerprint density at radius 2 is 2.36 bits per heavy atom. The van der Waals surface area contributed by atoms with Crippen molar-refractivity contribution in [2.75, 3.05) is 6.61 Å². The number of rotatable bonds is 4. The number of hydrogen-bond donors (Lipinski definition) is 1. The van der Waals surface area contributed by atoms with Gasteiger partial charge in [0, 0.05) is 11.6 Å². The molecule has 0 saturated carbocycles. The van der Waals surface area contributed by atoms with Crippen LogP contribution in [0.1, 0.15) is 18.5 Å². The quantitative estimate of drug-likeness (QED) is 0.831. The van der Waals surface area contributed by atoms with Gasteiger partial charge in [0.05, 0.1) is 0 Å². The van der Waals surface area contributed by atoms with Crippen LogP contribution >= 0.6 is 11.6 Å². The summed E-state index contributed by atoms with van der Waals surface area (Å²) in [5.41, 5.74) is 8.25. The molecule has 0 aliphatic rings. The average molecular weight is 212 g/mol. The van der Waals surface area contributed by atoms with Gasteiger partial charge in [-0.05, 0) is 30.7 Å². The molecular weight excluding hydrogens is 198 g/mol. The Balaban J connectivity index is 2.64. The first-order valence-corrected chi connectivity index (χ1v) is 4.91. The van der Waals surface area contributed by atoms with Gasteiger partial charge in [-0.25, -0.2) is 0 Å². The van der Waals surface area contributed by atoms with Crippen LogP contribution in [0.3, 0.4) is 0 Å². The van der Waals surface area contributed by atoms with Crippen LogP contribution in [0.15, 0.2) is 35.9 Å². The van der Waals surface area contributed by atoms with E-state index in [2.05, 4.69) is 0 Å². The first-order valence-electron chi connectivity index (χ1n) is 4.47. The molecule has 0 unspecified atom stereocenters. The zero-order valence-corrected chi connectivity index (χ0v) is 8.87. The van der Waals surface area contributed by atoms with Crippen molar-refractivity contribution >= 4 is 11.6 Å². The van der Waals surface area contributed by atoms with Gasteiger partial charge in [-0.3, -0.25) is 0 Å². The number of ether oxygens (including phenoxy) is 1. The van der Waals surface area contributed by atoms with E-state index in [9.17, 15) is 0 Å². The minimum Gasteiger partial charge on any atom is -0.489 e. The maximum absolute atomic E-state index is 5.75. The third kappa shape index (κ3) is 3.40. The van der Waals surface area contributed by atoms with Crippen molar-refractivity contribution in [3.8, 4) is 5.75 Å². The van der Waals surface area contributed by atoms with Crippen LogP contribution in [0.25, 0.3) is 0 Å². The summed E-state index contributed by atoms with van der Waals surface area (Å²) in [7, 11) is 0. The van der Waals surface area contributed by atoms with E-state index >= 15 is 0 Å². The maximum atomic E-state index is 5.75. The van der Waals surface area contributed by atoms with Crippen molar-refractivity contribution in [3.63, 3.8) is 0 Å². The average Bonchev–Trinajstić information content (AvgIpc) is 2.19. The highest BCUT2D eigenvalue weighted by Gasteiger charge is 2.00. The maximum Gasteiger partial charge on any atom is 0.120 e. The molecule has 76 valence electrons. The van der Waals surface area contributed by atoms with Crippen LogP contribution in [0.4, 0.5) is 0 Å². The smallest absolute Gasteiger partial charge is 0.120 e. The van der Waals surface area contributed by atoms with Gasteiger partial charge in [0.1, 0.15) is 12.4 Å². The zero-order valence-electron chi connectivity index (χ0n) is 8.11. The molecule has 0 aliphatic carbocycles. The molecule has 2 nitrogen and oxygen atoms in total. The standard InChI is InChI=1S/C11H14ClNO/c1-9(13)10-4-2-5-11(8-10)14-7-3-6-12/h2-6,8-9H,7,13H2,1H3/t9-/m0/s1. The highest BCUT2D eigenvalue weighted by molar-refractivity contribution is 6.25. The van der Waals surface area contributed by atoms with Crippen LogP contribution < -0.4 is 10.5 Å². The monoisotopic (exact) mass is 211 g/mol. The second kappa shape index (κ2) is 5.68. The van der Waals surface area contributed by atoms with Crippen LogP contribution in [0.5, 0.6) is 5.75 Å². The van der Waals surface area contributed by atoms with Crippen molar-refractivity contribution < 1.29 is 4.74 Å². The molecule has 1 rings (SSSR count). The van der Waals surface area contributed by atoms with Crippen molar-refractivity contribution in [1.82, 2.24) is 0 Å². The third-order valence-electron chi connectivity index (χ3n) is 1.82. The molecule has 0 aliphatic heterocycles. The summed E-state index contributed by atoms with van der Waals surface area (Å²) in [5.74, 6) is 0.814. The summed E-state index contributed by atoms with van der Waals surface area (Å²) in [4.78, 5) is 0. The molecule has 14 heavy (non-hydrogen) atoms. The Hall–Kier alpha value is -0.990. The van der Waals surface area contributed by atoms with Gasteiger partial charge in [0.2, 0.25) is 0 Å². The predicted octanol–water partition coefficient (Wildman–Crippen LogP) is 2.84. The van der Waals surface area contributed by atoms with Crippen LogP contribution in [-0.2, 0) is 0 Å². The lowest BCUT2D eigenvalue weighted by molar-refractivity contribution is 0.362. The van der Waals surface area contributed by atoms with E-state index in [1.807, 2.05) is 31.2 Å². The second-order valence-electron chi connectivity index (χ2n) is 3.03. The Bertz CT molecular complexity index is 310. The summed E-state index contributed by atoms with van der Waals surface area (Å²) < 4.78 is 5.41. The fourth-order valence-corrected chi connectivity index (χ4v) is 1.14. The van der Waals surface area contributed by atoms with Crippen molar-refractivity contribution in [2.45, 2.75) is 13.0 Å². The molecule has 0 aromatic heterocycles. The number of benzene rings is 1. The predicted molar refractivity (Wildman–Crippen MR) is 59.5 cm³/mol. The Morgan fingerprint density at radius 1 is 1.57 bits per heavy atom. The number of hydrogen-bond acceptors (Lipinski definition) is 2. The summed E-state index contributed by atoms with van der Waals surface area (Å²) in [6.45, 7) is 2.42. The first kappa shape index (κ1) is 11.1. The van der Waals surface area contributed by atoms with Crippen molar-refractivity contribution in [2.24, 2.45) is 5.73 Å². The summed E-state index contributed by atoms with van der Waals surface area (Å²) in [6.07, 6.45) is 1.74. The van der Waals surface area contributed by atoms with Crippen LogP contribution in [0, 0.1) is 0 Å². The lowest BCUT2D eigenvalue weighted by Gasteiger charge is -2.08. The molecule has 0 saturated heterocycles. The number of halogens is 1. The van der Waals surface area contributed by atoms with E-state index in [4.69, 9.17) is 22.1 Å². The SMILES string of the molecule is C[C@H](N)c1cccc(OCC=CCl)c1. The lowest BCUT2D eigenvalue weighted by atomic mass is 10.1. The van der Waals surface area contributed by atoms with E-state index in [1.54, 1.807) is 6.08 Å². The zero-order chi connectivity index (χ0) is 10.4. The van der Waals surface area contributed by atoms with Crippen LogP contribution in [0.2, 0.25) is 0 Å². The molecule has 0 bridgehead atoms. The lowest BCUT2D eigenvalue weighted by Crippen LogP contribution is -2.05. The third-order valence-corrected chi connectivity index (χ3v) is 2.00. The van der Waals surface area contributed by atoms with Crippen molar-refractivity contribution in [3.05, 3.63) is 41.4 Å². The molecule has 2 N–H and O–H groups in total. The molecule has 1 atom stereocenters. The number of nitrogens with two attached hydrogens (primary N) is 1. The first-order chi connectivity index (χ1) is 6.74. The summed E-state index contributed by atoms with van der Waals surface area (Å²) in [6, 6.07) is 7.77. The molecule has 0 spiro atoms. The van der Waals surface area contributed by atoms with E-state index in [1.165, 1.54) is 5.54 Å². The Kier molecular flexibility index (Phi) is 4.50. The molecular formula is C11H14ClNO. The van der Waals surface area contributed by atoms with Gasteiger partial charge < -0.3 is 10.5 Å². The van der Waals surface area contributed by atoms with Gasteiger partial charge in [0.15, 0.2) is 0 Å². The molecule has 0 radical (unpaired) electrons. The molecule has 1 aromatic rings. The topological polar surface area (TPSA) is 35.2 Å². The van der Waals surface area contributed by atoms with Gasteiger partial charge >= 0.3 is 0 Å². The Labute approximate surface area is 89.3 Å². The minimum atomic E-state index is 0.0297. The van der Waals surface area contributed by atoms with E-state index in [0.29, 0.717) is 6.61 Å². The highest BCUT2D eigenvalue weighted by Crippen LogP contribution is 2.17. The molecule has 3 heteroatoms. The van der Waals surface area contributed by atoms with E-state index < -0.39 is 0 Å². The van der Waals surface area contributed by atoms with Gasteiger partial charge in [-0.1, -0.05) is 23.7 Å². The Morgan fingerprint density at radius 3 is 3.00 bits per heavy atom. The van der Waals surface area contributed by atoms with E-state index in [0.717, 1.165) is 11.3 Å². The fourth-order valence-electron chi connectivity index (χ4n) is 1.07.